The molecule has 158 valence electrons. The quantitative estimate of drug-likeness (QED) is 0.534. The summed E-state index contributed by atoms with van der Waals surface area (Å²) in [6.45, 7) is 4.58. The van der Waals surface area contributed by atoms with E-state index in [9.17, 15) is 14.4 Å². The molecule has 0 saturated carbocycles. The molecule has 0 spiro atoms. The van der Waals surface area contributed by atoms with E-state index in [4.69, 9.17) is 9.47 Å². The number of carbonyl (C=O) groups is 3. The third-order valence-electron chi connectivity index (χ3n) is 5.16. The average Bonchev–Trinajstić information content (AvgIpc) is 2.98. The lowest BCUT2D eigenvalue weighted by Gasteiger charge is -2.18. The van der Waals surface area contributed by atoms with E-state index in [1.165, 1.54) is 11.0 Å². The van der Waals surface area contributed by atoms with Crippen LogP contribution in [0.5, 0.6) is 5.75 Å². The van der Waals surface area contributed by atoms with Gasteiger partial charge in [-0.05, 0) is 44.5 Å². The van der Waals surface area contributed by atoms with Gasteiger partial charge in [-0.2, -0.15) is 0 Å². The van der Waals surface area contributed by atoms with Gasteiger partial charge in [0.1, 0.15) is 5.75 Å². The Labute approximate surface area is 176 Å². The van der Waals surface area contributed by atoms with Crippen molar-refractivity contribution in [3.05, 3.63) is 64.2 Å². The number of methoxy groups -OCH3 is 2. The molecule has 0 aliphatic carbocycles. The summed E-state index contributed by atoms with van der Waals surface area (Å²) < 4.78 is 10.4. The molecule has 3 rings (SSSR count). The maximum absolute atomic E-state index is 12.8. The van der Waals surface area contributed by atoms with Gasteiger partial charge in [0, 0.05) is 31.4 Å². The van der Waals surface area contributed by atoms with Crippen LogP contribution >= 0.6 is 0 Å². The summed E-state index contributed by atoms with van der Waals surface area (Å²) in [6, 6.07) is 10.1. The number of carbonyl (C=O) groups excluding carboxylic acids is 3. The van der Waals surface area contributed by atoms with Crippen LogP contribution in [0.4, 0.5) is 0 Å². The summed E-state index contributed by atoms with van der Waals surface area (Å²) in [5.41, 5.74) is 2.82. The van der Waals surface area contributed by atoms with E-state index < -0.39 is 0 Å². The van der Waals surface area contributed by atoms with Gasteiger partial charge in [0.15, 0.2) is 0 Å². The maximum Gasteiger partial charge on any atom is 0.261 e. The summed E-state index contributed by atoms with van der Waals surface area (Å²) >= 11 is 0. The molecule has 1 N–H and O–H groups in total. The first-order valence-electron chi connectivity index (χ1n) is 9.82. The van der Waals surface area contributed by atoms with Crippen LogP contribution in [0.2, 0.25) is 0 Å². The lowest BCUT2D eigenvalue weighted by atomic mass is 10.0. The Hall–Kier alpha value is -3.19. The monoisotopic (exact) mass is 410 g/mol. The molecule has 0 bridgehead atoms. The molecular formula is C23H26N2O5. The van der Waals surface area contributed by atoms with Gasteiger partial charge in [-0.3, -0.25) is 19.3 Å². The molecule has 1 heterocycles. The number of imide groups is 1. The fraction of sp³-hybridized carbons (Fsp3) is 0.348. The van der Waals surface area contributed by atoms with Gasteiger partial charge in [0.05, 0.1) is 24.3 Å². The van der Waals surface area contributed by atoms with Crippen molar-refractivity contribution in [2.45, 2.75) is 26.3 Å². The van der Waals surface area contributed by atoms with Crippen LogP contribution in [0.25, 0.3) is 0 Å². The van der Waals surface area contributed by atoms with Crippen LogP contribution < -0.4 is 10.1 Å². The van der Waals surface area contributed by atoms with Crippen molar-refractivity contribution < 1.29 is 23.9 Å². The minimum absolute atomic E-state index is 0.255. The minimum Gasteiger partial charge on any atom is -0.496 e. The van der Waals surface area contributed by atoms with Crippen LogP contribution in [0.15, 0.2) is 36.4 Å². The SMILES string of the molecule is COCCCN1C(=O)c2ccc(C(=O)N[C@H](C)c3cc(C)ccc3OC)cc2C1=O. The number of nitrogens with zero attached hydrogens (tertiary/aromatic N) is 1. The Morgan fingerprint density at radius 3 is 2.50 bits per heavy atom. The van der Waals surface area contributed by atoms with Crippen molar-refractivity contribution >= 4 is 17.7 Å². The predicted molar refractivity (Wildman–Crippen MR) is 112 cm³/mol. The lowest BCUT2D eigenvalue weighted by Crippen LogP contribution is -2.31. The van der Waals surface area contributed by atoms with Crippen LogP contribution in [0, 0.1) is 6.92 Å². The highest BCUT2D eigenvalue weighted by molar-refractivity contribution is 6.22. The van der Waals surface area contributed by atoms with Gasteiger partial charge in [-0.25, -0.2) is 0 Å². The Balaban J connectivity index is 1.77. The summed E-state index contributed by atoms with van der Waals surface area (Å²) in [5.74, 6) is -0.355. The molecule has 0 aromatic heterocycles. The first kappa shape index (κ1) is 21.5. The van der Waals surface area contributed by atoms with Gasteiger partial charge in [0.2, 0.25) is 0 Å². The minimum atomic E-state index is -0.380. The fourth-order valence-electron chi connectivity index (χ4n) is 3.55. The van der Waals surface area contributed by atoms with E-state index in [0.717, 1.165) is 11.1 Å². The number of aryl methyl sites for hydroxylation is 1. The average molecular weight is 410 g/mol. The third-order valence-corrected chi connectivity index (χ3v) is 5.16. The van der Waals surface area contributed by atoms with Crippen molar-refractivity contribution in [3.63, 3.8) is 0 Å². The molecular weight excluding hydrogens is 384 g/mol. The molecule has 0 fully saturated rings. The summed E-state index contributed by atoms with van der Waals surface area (Å²) in [6.07, 6.45) is 0.561. The van der Waals surface area contributed by atoms with E-state index in [2.05, 4.69) is 5.32 Å². The van der Waals surface area contributed by atoms with Crippen molar-refractivity contribution in [2.24, 2.45) is 0 Å². The highest BCUT2D eigenvalue weighted by Crippen LogP contribution is 2.27. The topological polar surface area (TPSA) is 84.9 Å². The molecule has 7 heteroatoms. The number of hydrogen-bond acceptors (Lipinski definition) is 5. The Bertz CT molecular complexity index is 986. The zero-order valence-electron chi connectivity index (χ0n) is 17.7. The number of ether oxygens (including phenoxy) is 2. The number of hydrogen-bond donors (Lipinski definition) is 1. The zero-order chi connectivity index (χ0) is 21.8. The van der Waals surface area contributed by atoms with Gasteiger partial charge in [0.25, 0.3) is 17.7 Å². The van der Waals surface area contributed by atoms with E-state index >= 15 is 0 Å². The van der Waals surface area contributed by atoms with Crippen LogP contribution in [-0.2, 0) is 4.74 Å². The molecule has 30 heavy (non-hydrogen) atoms. The van der Waals surface area contributed by atoms with E-state index in [1.54, 1.807) is 26.4 Å². The molecule has 2 aromatic carbocycles. The molecule has 1 atom stereocenters. The normalized spacial score (nSPS) is 13.9. The smallest absolute Gasteiger partial charge is 0.261 e. The molecule has 2 aromatic rings. The predicted octanol–water partition coefficient (Wildman–Crippen LogP) is 3.13. The molecule has 0 saturated heterocycles. The Kier molecular flexibility index (Phi) is 6.52. The molecule has 7 nitrogen and oxygen atoms in total. The second-order valence-corrected chi connectivity index (χ2v) is 7.31. The highest BCUT2D eigenvalue weighted by atomic mass is 16.5. The largest absolute Gasteiger partial charge is 0.496 e. The summed E-state index contributed by atoms with van der Waals surface area (Å²) in [5, 5.41) is 2.94. The van der Waals surface area contributed by atoms with Gasteiger partial charge in [-0.15, -0.1) is 0 Å². The second-order valence-electron chi connectivity index (χ2n) is 7.31. The van der Waals surface area contributed by atoms with Crippen molar-refractivity contribution in [2.75, 3.05) is 27.4 Å². The molecule has 0 radical (unpaired) electrons. The van der Waals surface area contributed by atoms with Gasteiger partial charge < -0.3 is 14.8 Å². The molecule has 1 aliphatic heterocycles. The first-order chi connectivity index (χ1) is 14.4. The number of rotatable bonds is 8. The Morgan fingerprint density at radius 1 is 1.07 bits per heavy atom. The van der Waals surface area contributed by atoms with Crippen LogP contribution in [0.3, 0.4) is 0 Å². The number of amides is 3. The number of benzene rings is 2. The van der Waals surface area contributed by atoms with Crippen LogP contribution in [-0.4, -0.2) is 50.0 Å². The fourth-order valence-corrected chi connectivity index (χ4v) is 3.55. The third kappa shape index (κ3) is 4.21. The van der Waals surface area contributed by atoms with Crippen molar-refractivity contribution in [1.82, 2.24) is 10.2 Å². The van der Waals surface area contributed by atoms with E-state index in [-0.39, 0.29) is 35.9 Å². The zero-order valence-corrected chi connectivity index (χ0v) is 17.7. The second kappa shape index (κ2) is 9.09. The summed E-state index contributed by atoms with van der Waals surface area (Å²) in [4.78, 5) is 39.2. The van der Waals surface area contributed by atoms with Gasteiger partial charge in [-0.1, -0.05) is 17.7 Å². The molecule has 0 unspecified atom stereocenters. The van der Waals surface area contributed by atoms with Crippen molar-refractivity contribution in [1.29, 1.82) is 0 Å². The lowest BCUT2D eigenvalue weighted by molar-refractivity contribution is 0.0638. The maximum atomic E-state index is 12.8. The highest BCUT2D eigenvalue weighted by Gasteiger charge is 2.35. The number of nitrogens with one attached hydrogen (secondary N) is 1. The molecule has 1 aliphatic rings. The van der Waals surface area contributed by atoms with E-state index in [0.29, 0.717) is 29.9 Å². The Morgan fingerprint density at radius 2 is 1.80 bits per heavy atom. The number of fused-ring (bicyclic) bond motifs is 1. The first-order valence-corrected chi connectivity index (χ1v) is 9.82. The van der Waals surface area contributed by atoms with Gasteiger partial charge >= 0.3 is 0 Å². The summed E-state index contributed by atoms with van der Waals surface area (Å²) in [7, 11) is 3.16. The van der Waals surface area contributed by atoms with Crippen LogP contribution in [0.1, 0.15) is 61.6 Å². The van der Waals surface area contributed by atoms with E-state index in [1.807, 2.05) is 32.0 Å². The van der Waals surface area contributed by atoms with Crippen molar-refractivity contribution in [3.8, 4) is 5.75 Å². The molecule has 3 amide bonds. The standard InChI is InChI=1S/C23H26N2O5/c1-14-6-9-20(30-4)18(12-14)15(2)24-21(26)16-7-8-17-19(13-16)23(28)25(22(17)27)10-5-11-29-3/h6-9,12-13,15H,5,10-11H2,1-4H3,(H,24,26)/t15-/m1/s1.